The molecule has 1 heterocycles. The minimum Gasteiger partial charge on any atom is -0.268 e. The maximum absolute atomic E-state index is 10.5. The van der Waals surface area contributed by atoms with E-state index in [-0.39, 0.29) is 11.8 Å². The Labute approximate surface area is 52.1 Å². The standard InChI is InChI=1S/C5H5N2O2/c1-6-7-4(8)2-3-5(7)9/h2-3,6H,1H2. The number of imide groups is 1. The molecule has 1 N–H and O–H groups in total. The first-order chi connectivity index (χ1) is 4.25. The predicted molar refractivity (Wildman–Crippen MR) is 29.5 cm³/mol. The number of nitrogens with one attached hydrogen (secondary N) is 1. The van der Waals surface area contributed by atoms with Crippen LogP contribution in [0, 0.1) is 7.05 Å². The number of amides is 2. The van der Waals surface area contributed by atoms with Gasteiger partial charge in [-0.3, -0.25) is 9.59 Å². The summed E-state index contributed by atoms with van der Waals surface area (Å²) >= 11 is 0. The van der Waals surface area contributed by atoms with Crippen LogP contribution in [0.3, 0.4) is 0 Å². The van der Waals surface area contributed by atoms with E-state index in [2.05, 4.69) is 12.5 Å². The molecule has 0 spiro atoms. The molecule has 0 bridgehead atoms. The van der Waals surface area contributed by atoms with Gasteiger partial charge in [0.05, 0.1) is 0 Å². The maximum Gasteiger partial charge on any atom is 0.268 e. The molecular formula is C5H5N2O2. The van der Waals surface area contributed by atoms with Crippen LogP contribution in [0.2, 0.25) is 0 Å². The predicted octanol–water partition coefficient (Wildman–Crippen LogP) is -0.792. The highest BCUT2D eigenvalue weighted by Crippen LogP contribution is 1.97. The highest BCUT2D eigenvalue weighted by molar-refractivity contribution is 6.12. The molecule has 1 aliphatic rings. The molecule has 0 saturated heterocycles. The zero-order valence-corrected chi connectivity index (χ0v) is 4.63. The molecule has 0 saturated carbocycles. The Morgan fingerprint density at radius 2 is 1.78 bits per heavy atom. The minimum atomic E-state index is -0.380. The largest absolute Gasteiger partial charge is 0.268 e. The van der Waals surface area contributed by atoms with Gasteiger partial charge in [-0.05, 0) is 0 Å². The molecule has 0 atom stereocenters. The lowest BCUT2D eigenvalue weighted by molar-refractivity contribution is -0.139. The zero-order valence-electron chi connectivity index (χ0n) is 4.63. The first-order valence-electron chi connectivity index (χ1n) is 2.34. The van der Waals surface area contributed by atoms with E-state index in [0.717, 1.165) is 5.01 Å². The van der Waals surface area contributed by atoms with E-state index >= 15 is 0 Å². The van der Waals surface area contributed by atoms with E-state index in [1.807, 2.05) is 0 Å². The van der Waals surface area contributed by atoms with Gasteiger partial charge in [0.1, 0.15) is 0 Å². The third-order valence-corrected chi connectivity index (χ3v) is 0.967. The van der Waals surface area contributed by atoms with Crippen molar-refractivity contribution in [3.63, 3.8) is 0 Å². The molecule has 1 radical (unpaired) electrons. The first-order valence-corrected chi connectivity index (χ1v) is 2.34. The Bertz CT molecular complexity index is 167. The minimum absolute atomic E-state index is 0.380. The SMILES string of the molecule is [CH2]NN1C(=O)C=CC1=O. The van der Waals surface area contributed by atoms with E-state index in [1.165, 1.54) is 12.2 Å². The van der Waals surface area contributed by atoms with Gasteiger partial charge in [0.15, 0.2) is 0 Å². The van der Waals surface area contributed by atoms with Crippen LogP contribution in [0.5, 0.6) is 0 Å². The number of rotatable bonds is 1. The van der Waals surface area contributed by atoms with Crippen molar-refractivity contribution in [1.82, 2.24) is 10.4 Å². The molecule has 2 amide bonds. The molecular weight excluding hydrogens is 120 g/mol. The number of hydrogen-bond acceptors (Lipinski definition) is 3. The Morgan fingerprint density at radius 1 is 1.33 bits per heavy atom. The van der Waals surface area contributed by atoms with Crippen molar-refractivity contribution in [1.29, 1.82) is 0 Å². The molecule has 4 nitrogen and oxygen atoms in total. The van der Waals surface area contributed by atoms with Crippen molar-refractivity contribution >= 4 is 11.8 Å². The average Bonchev–Trinajstić information content (AvgIpc) is 2.12. The normalized spacial score (nSPS) is 17.7. The molecule has 1 aliphatic heterocycles. The van der Waals surface area contributed by atoms with Gasteiger partial charge in [-0.2, -0.15) is 0 Å². The molecule has 0 unspecified atom stereocenters. The van der Waals surface area contributed by atoms with E-state index < -0.39 is 0 Å². The molecule has 0 aromatic rings. The first kappa shape index (κ1) is 5.97. The number of carbonyl (C=O) groups excluding carboxylic acids is 2. The van der Waals surface area contributed by atoms with Gasteiger partial charge >= 0.3 is 0 Å². The lowest BCUT2D eigenvalue weighted by atomic mass is 10.6. The van der Waals surface area contributed by atoms with Gasteiger partial charge in [-0.15, -0.1) is 0 Å². The fraction of sp³-hybridized carbons (Fsp3) is 0. The summed E-state index contributed by atoms with van der Waals surface area (Å²) in [7, 11) is 3.16. The van der Waals surface area contributed by atoms with E-state index in [4.69, 9.17) is 0 Å². The van der Waals surface area contributed by atoms with Crippen molar-refractivity contribution in [3.8, 4) is 0 Å². The number of hydrazine groups is 1. The van der Waals surface area contributed by atoms with Gasteiger partial charge < -0.3 is 0 Å². The summed E-state index contributed by atoms with van der Waals surface area (Å²) in [6.45, 7) is 0. The van der Waals surface area contributed by atoms with Crippen LogP contribution in [-0.4, -0.2) is 16.8 Å². The highest BCUT2D eigenvalue weighted by Gasteiger charge is 2.20. The average molecular weight is 125 g/mol. The summed E-state index contributed by atoms with van der Waals surface area (Å²) in [4.78, 5) is 21.1. The molecule has 9 heavy (non-hydrogen) atoms. The maximum atomic E-state index is 10.5. The van der Waals surface area contributed by atoms with Crippen LogP contribution in [0.15, 0.2) is 12.2 Å². The monoisotopic (exact) mass is 125 g/mol. The van der Waals surface area contributed by atoms with E-state index in [9.17, 15) is 9.59 Å². The second-order valence-electron chi connectivity index (χ2n) is 1.50. The number of hydrogen-bond donors (Lipinski definition) is 1. The summed E-state index contributed by atoms with van der Waals surface area (Å²) in [5, 5.41) is 0.819. The Hall–Kier alpha value is -1.16. The molecule has 4 heteroatoms. The van der Waals surface area contributed by atoms with E-state index in [0.29, 0.717) is 0 Å². The van der Waals surface area contributed by atoms with E-state index in [1.54, 1.807) is 0 Å². The summed E-state index contributed by atoms with van der Waals surface area (Å²) < 4.78 is 0. The van der Waals surface area contributed by atoms with Crippen molar-refractivity contribution in [2.24, 2.45) is 0 Å². The van der Waals surface area contributed by atoms with Crippen molar-refractivity contribution < 1.29 is 9.59 Å². The fourth-order valence-electron chi connectivity index (χ4n) is 0.556. The van der Waals surface area contributed by atoms with Crippen LogP contribution < -0.4 is 5.43 Å². The van der Waals surface area contributed by atoms with Gasteiger partial charge in [0, 0.05) is 19.2 Å². The third kappa shape index (κ3) is 0.837. The topological polar surface area (TPSA) is 49.4 Å². The molecule has 0 aromatic heterocycles. The third-order valence-electron chi connectivity index (χ3n) is 0.967. The smallest absolute Gasteiger partial charge is 0.268 e. The molecule has 47 valence electrons. The van der Waals surface area contributed by atoms with Gasteiger partial charge in [-0.1, -0.05) is 0 Å². The van der Waals surface area contributed by atoms with Crippen LogP contribution in [0.25, 0.3) is 0 Å². The lowest BCUT2D eigenvalue weighted by Crippen LogP contribution is -2.38. The summed E-state index contributed by atoms with van der Waals surface area (Å²) in [5.41, 5.74) is 2.19. The van der Waals surface area contributed by atoms with Gasteiger partial charge in [0.25, 0.3) is 11.8 Å². The molecule has 0 aromatic carbocycles. The summed E-state index contributed by atoms with van der Waals surface area (Å²) in [6, 6.07) is 0. The van der Waals surface area contributed by atoms with Crippen LogP contribution in [-0.2, 0) is 9.59 Å². The second kappa shape index (κ2) is 1.99. The Balaban J connectivity index is 2.75. The molecule has 1 rings (SSSR count). The lowest BCUT2D eigenvalue weighted by Gasteiger charge is -2.08. The second-order valence-corrected chi connectivity index (χ2v) is 1.50. The Kier molecular flexibility index (Phi) is 1.32. The van der Waals surface area contributed by atoms with Crippen molar-refractivity contribution in [2.45, 2.75) is 0 Å². The number of nitrogens with zero attached hydrogens (tertiary/aromatic N) is 1. The number of carbonyl (C=O) groups is 2. The van der Waals surface area contributed by atoms with Crippen LogP contribution in [0.1, 0.15) is 0 Å². The Morgan fingerprint density at radius 3 is 2.00 bits per heavy atom. The summed E-state index contributed by atoms with van der Waals surface area (Å²) in [6.07, 6.45) is 2.36. The van der Waals surface area contributed by atoms with Crippen LogP contribution >= 0.6 is 0 Å². The zero-order chi connectivity index (χ0) is 6.85. The van der Waals surface area contributed by atoms with Gasteiger partial charge in [0.2, 0.25) is 0 Å². The summed E-state index contributed by atoms with van der Waals surface area (Å²) in [5.74, 6) is -0.759. The van der Waals surface area contributed by atoms with Crippen molar-refractivity contribution in [2.75, 3.05) is 0 Å². The van der Waals surface area contributed by atoms with Crippen LogP contribution in [0.4, 0.5) is 0 Å². The quantitative estimate of drug-likeness (QED) is 0.467. The highest BCUT2D eigenvalue weighted by atomic mass is 16.2. The van der Waals surface area contributed by atoms with Gasteiger partial charge in [-0.25, -0.2) is 10.4 Å². The molecule has 0 aliphatic carbocycles. The fourth-order valence-corrected chi connectivity index (χ4v) is 0.556. The van der Waals surface area contributed by atoms with Crippen molar-refractivity contribution in [3.05, 3.63) is 19.2 Å². The molecule has 0 fully saturated rings.